The smallest absolute Gasteiger partial charge is 0.287 e. The van der Waals surface area contributed by atoms with E-state index < -0.39 is 23.6 Å². The molecule has 0 saturated carbocycles. The third-order valence-electron chi connectivity index (χ3n) is 4.48. The van der Waals surface area contributed by atoms with Crippen LogP contribution in [0.3, 0.4) is 0 Å². The molecule has 1 aromatic carbocycles. The van der Waals surface area contributed by atoms with Crippen LogP contribution in [0, 0.1) is 0 Å². The van der Waals surface area contributed by atoms with Crippen molar-refractivity contribution in [3.8, 4) is 5.82 Å². The number of fused-ring (bicyclic) bond motifs is 1. The number of hydrogen-bond donors (Lipinski definition) is 2. The van der Waals surface area contributed by atoms with E-state index in [1.165, 1.54) is 28.6 Å². The molecule has 1 atom stereocenters. The first-order valence-corrected chi connectivity index (χ1v) is 9.73. The number of Topliss-reactive ketones (excluding diaryl/α,β-unsaturated/α-hetero) is 1. The van der Waals surface area contributed by atoms with Gasteiger partial charge in [0.1, 0.15) is 23.9 Å². The van der Waals surface area contributed by atoms with Gasteiger partial charge in [0.15, 0.2) is 0 Å². The lowest BCUT2D eigenvalue weighted by Gasteiger charge is -2.16. The molecule has 3 heterocycles. The van der Waals surface area contributed by atoms with E-state index >= 15 is 0 Å². The molecule has 3 aromatic heterocycles. The number of aromatic nitrogens is 4. The molecule has 4 rings (SSSR count). The number of hydrogen-bond acceptors (Lipinski definition) is 7. The predicted molar refractivity (Wildman–Crippen MR) is 110 cm³/mol. The zero-order valence-electron chi connectivity index (χ0n) is 15.6. The number of amides is 2. The van der Waals surface area contributed by atoms with Crippen LogP contribution in [-0.2, 0) is 16.0 Å². The number of rotatable bonds is 7. The van der Waals surface area contributed by atoms with Crippen LogP contribution < -0.4 is 11.1 Å². The Hall–Kier alpha value is -3.92. The van der Waals surface area contributed by atoms with Crippen LogP contribution in [0.2, 0.25) is 0 Å². The minimum atomic E-state index is -1.16. The minimum Gasteiger partial charge on any atom is -0.363 e. The molecule has 10 heteroatoms. The maximum Gasteiger partial charge on any atom is 0.287 e. The van der Waals surface area contributed by atoms with Crippen molar-refractivity contribution in [3.05, 3.63) is 72.6 Å². The van der Waals surface area contributed by atoms with E-state index in [1.54, 1.807) is 24.4 Å². The topological polar surface area (TPSA) is 133 Å². The molecule has 3 N–H and O–H groups in total. The molecule has 0 aliphatic rings. The number of carbonyl (C=O) groups is 3. The summed E-state index contributed by atoms with van der Waals surface area (Å²) in [5, 5.41) is 3.46. The summed E-state index contributed by atoms with van der Waals surface area (Å²) in [5.74, 6) is -2.12. The van der Waals surface area contributed by atoms with Crippen molar-refractivity contribution < 1.29 is 14.4 Å². The highest BCUT2D eigenvalue weighted by Crippen LogP contribution is 2.23. The number of nitrogens with one attached hydrogen (secondary N) is 1. The van der Waals surface area contributed by atoms with Crippen molar-refractivity contribution >= 4 is 39.2 Å². The second-order valence-electron chi connectivity index (χ2n) is 6.42. The standard InChI is InChI=1S/C20H16N6O3S/c21-19(28)18(27)14(9-13-12-5-1-2-6-16(12)30-25-13)24-20(29)15-10-22-11-26(15)17-7-3-4-8-23-17/h1-8,10-11,14H,9H2,(H2,21,28)(H,24,29). The molecule has 150 valence electrons. The molecule has 0 spiro atoms. The number of imidazole rings is 1. The van der Waals surface area contributed by atoms with Crippen LogP contribution in [-0.4, -0.2) is 42.5 Å². The average molecular weight is 420 g/mol. The SMILES string of the molecule is NC(=O)C(=O)C(Cc1nsc2ccccc12)NC(=O)c1cncn1-c1ccccn1. The van der Waals surface area contributed by atoms with E-state index in [1.807, 2.05) is 24.3 Å². The third kappa shape index (κ3) is 3.80. The second kappa shape index (κ2) is 8.21. The van der Waals surface area contributed by atoms with Gasteiger partial charge in [0.25, 0.3) is 11.8 Å². The largest absolute Gasteiger partial charge is 0.363 e. The summed E-state index contributed by atoms with van der Waals surface area (Å²) in [6.07, 6.45) is 4.42. The number of nitrogens with two attached hydrogens (primary N) is 1. The Kier molecular flexibility index (Phi) is 5.31. The van der Waals surface area contributed by atoms with Gasteiger partial charge < -0.3 is 11.1 Å². The van der Waals surface area contributed by atoms with Gasteiger partial charge >= 0.3 is 0 Å². The molecule has 9 nitrogen and oxygen atoms in total. The Bertz CT molecular complexity index is 1230. The van der Waals surface area contributed by atoms with E-state index in [-0.39, 0.29) is 12.1 Å². The molecule has 0 aliphatic heterocycles. The zero-order chi connectivity index (χ0) is 21.1. The fourth-order valence-corrected chi connectivity index (χ4v) is 3.84. The molecule has 0 radical (unpaired) electrons. The summed E-state index contributed by atoms with van der Waals surface area (Å²) in [5.41, 5.74) is 5.98. The van der Waals surface area contributed by atoms with Crippen molar-refractivity contribution in [1.29, 1.82) is 0 Å². The fourth-order valence-electron chi connectivity index (χ4n) is 3.03. The molecule has 30 heavy (non-hydrogen) atoms. The van der Waals surface area contributed by atoms with Crippen LogP contribution >= 0.6 is 11.5 Å². The van der Waals surface area contributed by atoms with Gasteiger partial charge in [0.05, 0.1) is 16.6 Å². The van der Waals surface area contributed by atoms with Gasteiger partial charge in [-0.1, -0.05) is 24.3 Å². The number of carbonyl (C=O) groups excluding carboxylic acids is 3. The average Bonchev–Trinajstić information content (AvgIpc) is 3.41. The van der Waals surface area contributed by atoms with E-state index in [0.717, 1.165) is 10.1 Å². The Balaban J connectivity index is 1.62. The first-order chi connectivity index (χ1) is 14.5. The lowest BCUT2D eigenvalue weighted by Crippen LogP contribution is -2.47. The van der Waals surface area contributed by atoms with Gasteiger partial charge in [-0.25, -0.2) is 9.97 Å². The number of primary amides is 1. The summed E-state index contributed by atoms with van der Waals surface area (Å²) in [6, 6.07) is 11.6. The Morgan fingerprint density at radius 3 is 2.70 bits per heavy atom. The molecular weight excluding hydrogens is 404 g/mol. The number of benzene rings is 1. The van der Waals surface area contributed by atoms with Gasteiger partial charge in [-0.2, -0.15) is 4.37 Å². The highest BCUT2D eigenvalue weighted by molar-refractivity contribution is 7.13. The summed E-state index contributed by atoms with van der Waals surface area (Å²) in [7, 11) is 0. The molecule has 0 bridgehead atoms. The van der Waals surface area contributed by atoms with Gasteiger partial charge in [-0.15, -0.1) is 0 Å². The maximum absolute atomic E-state index is 12.9. The van der Waals surface area contributed by atoms with Crippen LogP contribution in [0.15, 0.2) is 61.2 Å². The van der Waals surface area contributed by atoms with E-state index in [2.05, 4.69) is 19.7 Å². The Labute approximate surface area is 174 Å². The molecule has 0 fully saturated rings. The van der Waals surface area contributed by atoms with Crippen molar-refractivity contribution in [1.82, 2.24) is 24.2 Å². The molecule has 2 amide bonds. The summed E-state index contributed by atoms with van der Waals surface area (Å²) in [4.78, 5) is 45.1. The summed E-state index contributed by atoms with van der Waals surface area (Å²) >= 11 is 1.28. The van der Waals surface area contributed by atoms with Crippen LogP contribution in [0.1, 0.15) is 16.2 Å². The van der Waals surface area contributed by atoms with Gasteiger partial charge in [-0.05, 0) is 29.7 Å². The molecule has 1 unspecified atom stereocenters. The highest BCUT2D eigenvalue weighted by Gasteiger charge is 2.28. The number of ketones is 1. The van der Waals surface area contributed by atoms with Gasteiger partial charge in [0.2, 0.25) is 5.78 Å². The minimum absolute atomic E-state index is 0.0370. The van der Waals surface area contributed by atoms with E-state index in [9.17, 15) is 14.4 Å². The van der Waals surface area contributed by atoms with Crippen LogP contribution in [0.5, 0.6) is 0 Å². The fraction of sp³-hybridized carbons (Fsp3) is 0.100. The van der Waals surface area contributed by atoms with Crippen molar-refractivity contribution in [2.75, 3.05) is 0 Å². The van der Waals surface area contributed by atoms with Crippen LogP contribution in [0.4, 0.5) is 0 Å². The summed E-state index contributed by atoms with van der Waals surface area (Å²) in [6.45, 7) is 0. The number of nitrogens with zero attached hydrogens (tertiary/aromatic N) is 4. The van der Waals surface area contributed by atoms with Crippen LogP contribution in [0.25, 0.3) is 15.9 Å². The van der Waals surface area contributed by atoms with Crippen molar-refractivity contribution in [2.24, 2.45) is 5.73 Å². The second-order valence-corrected chi connectivity index (χ2v) is 7.23. The zero-order valence-corrected chi connectivity index (χ0v) is 16.4. The molecule has 0 saturated heterocycles. The first-order valence-electron chi connectivity index (χ1n) is 8.96. The van der Waals surface area contributed by atoms with Gasteiger partial charge in [-0.3, -0.25) is 19.0 Å². The van der Waals surface area contributed by atoms with E-state index in [0.29, 0.717) is 11.5 Å². The third-order valence-corrected chi connectivity index (χ3v) is 5.35. The summed E-state index contributed by atoms with van der Waals surface area (Å²) < 4.78 is 6.80. The quantitative estimate of drug-likeness (QED) is 0.433. The van der Waals surface area contributed by atoms with Crippen molar-refractivity contribution in [2.45, 2.75) is 12.5 Å². The van der Waals surface area contributed by atoms with Gasteiger partial charge in [0, 0.05) is 18.0 Å². The highest BCUT2D eigenvalue weighted by atomic mass is 32.1. The predicted octanol–water partition coefficient (Wildman–Crippen LogP) is 1.27. The monoisotopic (exact) mass is 420 g/mol. The Morgan fingerprint density at radius 1 is 1.13 bits per heavy atom. The first kappa shape index (κ1) is 19.4. The number of pyridine rings is 1. The lowest BCUT2D eigenvalue weighted by atomic mass is 10.0. The molecular formula is C20H16N6O3S. The molecule has 0 aliphatic carbocycles. The lowest BCUT2D eigenvalue weighted by molar-refractivity contribution is -0.137. The maximum atomic E-state index is 12.9. The van der Waals surface area contributed by atoms with Crippen molar-refractivity contribution in [3.63, 3.8) is 0 Å². The van der Waals surface area contributed by atoms with E-state index in [4.69, 9.17) is 5.73 Å². The Morgan fingerprint density at radius 2 is 1.93 bits per heavy atom. The molecule has 4 aromatic rings. The normalized spacial score (nSPS) is 11.9.